The minimum Gasteiger partial charge on any atom is -0.299 e. The number of Topliss-reactive ketones (excluding diaryl/α,β-unsaturated/α-hetero) is 1. The molecule has 3 saturated carbocycles. The molecule has 0 aromatic heterocycles. The predicted octanol–water partition coefficient (Wildman–Crippen LogP) is 2.50. The van der Waals surface area contributed by atoms with Crippen LogP contribution in [0, 0.1) is 28.6 Å². The van der Waals surface area contributed by atoms with Crippen LogP contribution in [-0.2, 0) is 34.0 Å². The lowest BCUT2D eigenvalue weighted by Crippen LogP contribution is -2.55. The molecular formula is C19H28O9S2. The molecule has 2 N–H and O–H groups in total. The number of hydrogen-bond donors (Lipinski definition) is 2. The second-order valence-electron chi connectivity index (χ2n) is 9.70. The average molecular weight is 465 g/mol. The van der Waals surface area contributed by atoms with Crippen LogP contribution in [-0.4, -0.2) is 43.9 Å². The van der Waals surface area contributed by atoms with Crippen LogP contribution >= 0.6 is 0 Å². The first-order chi connectivity index (χ1) is 13.7. The van der Waals surface area contributed by atoms with Crippen LogP contribution in [0.3, 0.4) is 0 Å². The minimum absolute atomic E-state index is 0.0277. The van der Waals surface area contributed by atoms with Gasteiger partial charge in [0.25, 0.3) is 0 Å². The van der Waals surface area contributed by atoms with E-state index in [2.05, 4.69) is 6.92 Å². The summed E-state index contributed by atoms with van der Waals surface area (Å²) >= 11 is 0. The Kier molecular flexibility index (Phi) is 5.27. The van der Waals surface area contributed by atoms with Crippen LogP contribution in [0.1, 0.15) is 58.8 Å². The average Bonchev–Trinajstić information content (AvgIpc) is 2.89. The fourth-order valence-electron chi connectivity index (χ4n) is 6.85. The van der Waals surface area contributed by atoms with Crippen molar-refractivity contribution < 1.29 is 39.1 Å². The highest BCUT2D eigenvalue weighted by atomic mass is 32.3. The van der Waals surface area contributed by atoms with Gasteiger partial charge in [0.15, 0.2) is 0 Å². The van der Waals surface area contributed by atoms with Gasteiger partial charge in [-0.1, -0.05) is 25.5 Å². The largest absolute Gasteiger partial charge is 0.397 e. The fourth-order valence-corrected chi connectivity index (χ4v) is 7.82. The number of carbonyl (C=O) groups excluding carboxylic acids is 1. The molecule has 7 atom stereocenters. The maximum absolute atomic E-state index is 12.6. The molecule has 0 saturated heterocycles. The van der Waals surface area contributed by atoms with Crippen LogP contribution in [0.25, 0.3) is 0 Å². The smallest absolute Gasteiger partial charge is 0.299 e. The molecule has 0 aromatic rings. The van der Waals surface area contributed by atoms with E-state index in [9.17, 15) is 26.2 Å². The Morgan fingerprint density at radius 1 is 0.933 bits per heavy atom. The first-order valence-corrected chi connectivity index (χ1v) is 13.0. The van der Waals surface area contributed by atoms with E-state index >= 15 is 0 Å². The molecule has 9 nitrogen and oxygen atoms in total. The zero-order valence-corrected chi connectivity index (χ0v) is 18.6. The van der Waals surface area contributed by atoms with Gasteiger partial charge in [0, 0.05) is 11.8 Å². The lowest BCUT2D eigenvalue weighted by molar-refractivity contribution is -0.134. The summed E-state index contributed by atoms with van der Waals surface area (Å²) in [5.41, 5.74) is -0.0321. The number of fused-ring (bicyclic) bond motifs is 5. The lowest BCUT2D eigenvalue weighted by atomic mass is 9.47. The summed E-state index contributed by atoms with van der Waals surface area (Å²) in [5.74, 6) is -0.0662. The van der Waals surface area contributed by atoms with Gasteiger partial charge in [-0.15, -0.1) is 0 Å². The molecule has 0 radical (unpaired) electrons. The summed E-state index contributed by atoms with van der Waals surface area (Å²) in [5, 5.41) is 0. The van der Waals surface area contributed by atoms with Crippen molar-refractivity contribution in [3.05, 3.63) is 11.6 Å². The molecule has 30 heavy (non-hydrogen) atoms. The molecule has 4 rings (SSSR count). The van der Waals surface area contributed by atoms with Crippen molar-refractivity contribution >= 4 is 26.6 Å². The monoisotopic (exact) mass is 464 g/mol. The quantitative estimate of drug-likeness (QED) is 0.473. The Hall–Kier alpha value is -0.850. The van der Waals surface area contributed by atoms with E-state index in [0.29, 0.717) is 38.5 Å². The maximum atomic E-state index is 12.6. The molecule has 0 aliphatic heterocycles. The van der Waals surface area contributed by atoms with Gasteiger partial charge in [-0.2, -0.15) is 16.8 Å². The standard InChI is InChI=1S/C19H28O9S2/c1-18-7-5-12(27-29(21,22)23)9-11(18)10-15(28-30(24,25)26)17-13-3-4-16(20)19(13,2)8-6-14(17)18/h10,12-15,17H,3-9H2,1-2H3,(H,21,22,23)(H,24,25,26)/t12-,13?,14?,15+,17?,18-,19-/m0/s1. The molecule has 0 spiro atoms. The number of carbonyl (C=O) groups is 1. The highest BCUT2D eigenvalue weighted by molar-refractivity contribution is 7.81. The molecule has 3 unspecified atom stereocenters. The Bertz CT molecular complexity index is 985. The summed E-state index contributed by atoms with van der Waals surface area (Å²) < 4.78 is 73.8. The number of ketones is 1. The van der Waals surface area contributed by atoms with E-state index in [4.69, 9.17) is 12.9 Å². The Balaban J connectivity index is 1.74. The lowest BCUT2D eigenvalue weighted by Gasteiger charge is -2.58. The molecule has 0 bridgehead atoms. The Labute approximate surface area is 177 Å². The van der Waals surface area contributed by atoms with Crippen molar-refractivity contribution in [3.8, 4) is 0 Å². The van der Waals surface area contributed by atoms with Crippen molar-refractivity contribution in [1.82, 2.24) is 0 Å². The third kappa shape index (κ3) is 3.77. The Morgan fingerprint density at radius 2 is 1.53 bits per heavy atom. The summed E-state index contributed by atoms with van der Waals surface area (Å²) in [4.78, 5) is 12.6. The van der Waals surface area contributed by atoms with E-state index in [1.807, 2.05) is 6.92 Å². The first kappa shape index (κ1) is 22.3. The van der Waals surface area contributed by atoms with Crippen LogP contribution in [0.4, 0.5) is 0 Å². The molecule has 4 aliphatic rings. The fraction of sp³-hybridized carbons (Fsp3) is 0.842. The number of rotatable bonds is 4. The van der Waals surface area contributed by atoms with Crippen LogP contribution in [0.2, 0.25) is 0 Å². The molecular weight excluding hydrogens is 436 g/mol. The zero-order chi connectivity index (χ0) is 22.1. The van der Waals surface area contributed by atoms with Gasteiger partial charge in [0.1, 0.15) is 11.9 Å². The second-order valence-corrected chi connectivity index (χ2v) is 11.8. The van der Waals surface area contributed by atoms with Crippen molar-refractivity contribution in [2.24, 2.45) is 28.6 Å². The van der Waals surface area contributed by atoms with E-state index in [0.717, 1.165) is 5.57 Å². The predicted molar refractivity (Wildman–Crippen MR) is 105 cm³/mol. The molecule has 0 heterocycles. The molecule has 3 fully saturated rings. The highest BCUT2D eigenvalue weighted by Gasteiger charge is 2.61. The van der Waals surface area contributed by atoms with Gasteiger partial charge < -0.3 is 0 Å². The minimum atomic E-state index is -4.73. The summed E-state index contributed by atoms with van der Waals surface area (Å²) in [6, 6.07) is 0. The van der Waals surface area contributed by atoms with Crippen LogP contribution < -0.4 is 0 Å². The molecule has 0 aromatic carbocycles. The van der Waals surface area contributed by atoms with Gasteiger partial charge in [-0.25, -0.2) is 8.37 Å². The van der Waals surface area contributed by atoms with E-state index < -0.39 is 38.4 Å². The zero-order valence-electron chi connectivity index (χ0n) is 17.0. The van der Waals surface area contributed by atoms with Gasteiger partial charge in [0.2, 0.25) is 0 Å². The molecule has 11 heteroatoms. The van der Waals surface area contributed by atoms with E-state index in [1.54, 1.807) is 6.08 Å². The summed E-state index contributed by atoms with van der Waals surface area (Å²) in [7, 11) is -9.34. The molecule has 170 valence electrons. The Morgan fingerprint density at radius 3 is 2.17 bits per heavy atom. The van der Waals surface area contributed by atoms with Crippen molar-refractivity contribution in [2.45, 2.75) is 71.0 Å². The first-order valence-electron chi connectivity index (χ1n) is 10.3. The van der Waals surface area contributed by atoms with Crippen molar-refractivity contribution in [2.75, 3.05) is 0 Å². The molecule has 0 amide bonds. The second kappa shape index (κ2) is 7.08. The van der Waals surface area contributed by atoms with E-state index in [1.165, 1.54) is 0 Å². The van der Waals surface area contributed by atoms with E-state index in [-0.39, 0.29) is 35.4 Å². The summed E-state index contributed by atoms with van der Waals surface area (Å²) in [6.45, 7) is 4.04. The topological polar surface area (TPSA) is 144 Å². The highest BCUT2D eigenvalue weighted by Crippen LogP contribution is 2.64. The van der Waals surface area contributed by atoms with Crippen LogP contribution in [0.5, 0.6) is 0 Å². The third-order valence-corrected chi connectivity index (χ3v) is 9.24. The SMILES string of the molecule is C[C@]12CC[C@H](OS(=O)(=O)O)CC1=C[C@@H](OS(=O)(=O)O)C1C2CC[C@]2(C)C(=O)CCC12. The van der Waals surface area contributed by atoms with Gasteiger partial charge in [-0.05, 0) is 61.7 Å². The van der Waals surface area contributed by atoms with Gasteiger partial charge >= 0.3 is 20.8 Å². The maximum Gasteiger partial charge on any atom is 0.397 e. The van der Waals surface area contributed by atoms with Crippen LogP contribution in [0.15, 0.2) is 11.6 Å². The van der Waals surface area contributed by atoms with Crippen molar-refractivity contribution in [3.63, 3.8) is 0 Å². The van der Waals surface area contributed by atoms with Gasteiger partial charge in [0.05, 0.1) is 6.10 Å². The number of hydrogen-bond acceptors (Lipinski definition) is 7. The van der Waals surface area contributed by atoms with Crippen molar-refractivity contribution in [1.29, 1.82) is 0 Å². The van der Waals surface area contributed by atoms with Gasteiger partial charge in [-0.3, -0.25) is 13.9 Å². The third-order valence-electron chi connectivity index (χ3n) is 8.26. The molecule has 4 aliphatic carbocycles. The normalized spacial score (nSPS) is 44.1. The summed E-state index contributed by atoms with van der Waals surface area (Å²) in [6.07, 6.45) is 3.79.